The third-order valence-corrected chi connectivity index (χ3v) is 5.64. The molecule has 2 aliphatic rings. The van der Waals surface area contributed by atoms with Crippen LogP contribution in [0.5, 0.6) is 11.5 Å². The van der Waals surface area contributed by atoms with Crippen LogP contribution < -0.4 is 14.8 Å². The van der Waals surface area contributed by atoms with E-state index >= 15 is 0 Å². The summed E-state index contributed by atoms with van der Waals surface area (Å²) in [6, 6.07) is 21.7. The van der Waals surface area contributed by atoms with Crippen molar-refractivity contribution in [2.75, 3.05) is 19.0 Å². The van der Waals surface area contributed by atoms with Crippen molar-refractivity contribution in [2.45, 2.75) is 39.2 Å². The molecule has 0 radical (unpaired) electrons. The number of para-hydroxylation sites is 2. The van der Waals surface area contributed by atoms with E-state index in [0.717, 1.165) is 70.2 Å². The molecule has 2 heterocycles. The number of benzene rings is 3. The molecule has 34 heavy (non-hydrogen) atoms. The largest absolute Gasteiger partial charge is 0.497 e. The van der Waals surface area contributed by atoms with Gasteiger partial charge >= 0.3 is 0 Å². The molecule has 0 atom stereocenters. The van der Waals surface area contributed by atoms with Crippen LogP contribution in [0, 0.1) is 4.91 Å². The van der Waals surface area contributed by atoms with Crippen LogP contribution in [0.25, 0.3) is 10.9 Å². The Morgan fingerprint density at radius 3 is 2.53 bits per heavy atom. The number of aromatic amines is 1. The topological polar surface area (TPSA) is 79.3 Å². The van der Waals surface area contributed by atoms with Crippen LogP contribution in [0.1, 0.15) is 32.3 Å². The molecule has 3 aromatic carbocycles. The fourth-order valence-electron chi connectivity index (χ4n) is 3.75. The Hall–Kier alpha value is -3.87. The van der Waals surface area contributed by atoms with Crippen molar-refractivity contribution in [2.24, 2.45) is 0 Å². The Labute approximate surface area is 199 Å². The van der Waals surface area contributed by atoms with E-state index in [4.69, 9.17) is 9.47 Å². The molecule has 0 unspecified atom stereocenters. The van der Waals surface area contributed by atoms with Crippen molar-refractivity contribution in [3.05, 3.63) is 77.2 Å². The molecule has 0 saturated heterocycles. The lowest BCUT2D eigenvalue weighted by Crippen LogP contribution is -2.02. The predicted molar refractivity (Wildman–Crippen MR) is 136 cm³/mol. The van der Waals surface area contributed by atoms with E-state index in [2.05, 4.69) is 21.6 Å². The van der Waals surface area contributed by atoms with Gasteiger partial charge in [-0.15, -0.1) is 0 Å². The number of anilines is 2. The number of rotatable bonds is 5. The van der Waals surface area contributed by atoms with Crippen LogP contribution in [0.3, 0.4) is 0 Å². The fourth-order valence-corrected chi connectivity index (χ4v) is 3.75. The maximum Gasteiger partial charge on any atom is 0.256 e. The van der Waals surface area contributed by atoms with Crippen molar-refractivity contribution >= 4 is 28.1 Å². The standard InChI is InChI=1S/C15H13N3O.C10H12NO2.C2H6/c1-2-6-12-11(5-1)15(18-17-12)16-13-7-3-4-10-8-9-19-14(10)13;1-13-10-6-4-9(5-7-10)11(12)8-2-3-8;1-2/h1-7H,8-9H2,(H2,16,17,18);4-8H,2-3H2,1H3;1-2H3/q;+1;. The van der Waals surface area contributed by atoms with E-state index in [9.17, 15) is 4.91 Å². The van der Waals surface area contributed by atoms with Gasteiger partial charge in [-0.1, -0.05) is 38.1 Å². The summed E-state index contributed by atoms with van der Waals surface area (Å²) in [7, 11) is 1.62. The van der Waals surface area contributed by atoms with Crippen LogP contribution >= 0.6 is 0 Å². The highest BCUT2D eigenvalue weighted by atomic mass is 16.5. The Bertz CT molecular complexity index is 1250. The van der Waals surface area contributed by atoms with Gasteiger partial charge in [0.15, 0.2) is 5.82 Å². The monoisotopic (exact) mass is 459 g/mol. The summed E-state index contributed by atoms with van der Waals surface area (Å²) >= 11 is 0. The second kappa shape index (κ2) is 10.8. The van der Waals surface area contributed by atoms with Gasteiger partial charge in [0, 0.05) is 46.4 Å². The van der Waals surface area contributed by atoms with E-state index in [1.807, 2.05) is 62.4 Å². The Balaban J connectivity index is 0.000000160. The number of nitrogens with one attached hydrogen (secondary N) is 2. The molecule has 7 heteroatoms. The Morgan fingerprint density at radius 1 is 1.03 bits per heavy atom. The lowest BCUT2D eigenvalue weighted by molar-refractivity contribution is -0.478. The predicted octanol–water partition coefficient (Wildman–Crippen LogP) is 6.54. The number of methoxy groups -OCH3 is 1. The number of nitrogens with zero attached hydrogens (tertiary/aromatic N) is 2. The molecule has 0 bridgehead atoms. The maximum atomic E-state index is 11.5. The molecule has 1 aliphatic heterocycles. The molecule has 2 N–H and O–H groups in total. The van der Waals surface area contributed by atoms with E-state index in [1.54, 1.807) is 19.2 Å². The summed E-state index contributed by atoms with van der Waals surface area (Å²) < 4.78 is 11.8. The third kappa shape index (κ3) is 5.20. The summed E-state index contributed by atoms with van der Waals surface area (Å²) in [5.74, 6) is 2.57. The lowest BCUT2D eigenvalue weighted by atomic mass is 10.1. The average molecular weight is 460 g/mol. The van der Waals surface area contributed by atoms with Gasteiger partial charge in [-0.3, -0.25) is 5.10 Å². The number of aromatic nitrogens is 2. The summed E-state index contributed by atoms with van der Waals surface area (Å²) in [6.07, 6.45) is 3.03. The highest BCUT2D eigenvalue weighted by molar-refractivity contribution is 5.91. The molecule has 1 aromatic heterocycles. The SMILES string of the molecule is CC.COc1ccc([N+](=O)C2CC2)cc1.c1cc2c(c(Nc3n[nH]c4ccccc34)c1)OCC2. The van der Waals surface area contributed by atoms with Gasteiger partial charge in [0.05, 0.1) is 24.9 Å². The first kappa shape index (κ1) is 23.3. The molecule has 1 saturated carbocycles. The van der Waals surface area contributed by atoms with Crippen LogP contribution in [-0.2, 0) is 6.42 Å². The van der Waals surface area contributed by atoms with E-state index in [1.165, 1.54) is 5.56 Å². The molecule has 0 amide bonds. The number of ether oxygens (including phenoxy) is 2. The molecule has 4 aromatic rings. The average Bonchev–Trinajstić information content (AvgIpc) is 3.50. The van der Waals surface area contributed by atoms with E-state index < -0.39 is 0 Å². The van der Waals surface area contributed by atoms with Crippen LogP contribution in [0.15, 0.2) is 66.7 Å². The lowest BCUT2D eigenvalue weighted by Gasteiger charge is -2.08. The number of hydrogen-bond donors (Lipinski definition) is 2. The van der Waals surface area contributed by atoms with Gasteiger partial charge in [0.2, 0.25) is 6.04 Å². The van der Waals surface area contributed by atoms with Gasteiger partial charge in [-0.2, -0.15) is 5.10 Å². The van der Waals surface area contributed by atoms with Crippen LogP contribution in [0.2, 0.25) is 0 Å². The number of fused-ring (bicyclic) bond motifs is 2. The van der Waals surface area contributed by atoms with Crippen molar-refractivity contribution < 1.29 is 14.2 Å². The van der Waals surface area contributed by atoms with Crippen molar-refractivity contribution in [1.82, 2.24) is 10.2 Å². The number of nitroso groups, excluding NO2 is 1. The van der Waals surface area contributed by atoms with E-state index in [-0.39, 0.29) is 6.04 Å². The third-order valence-electron chi connectivity index (χ3n) is 5.64. The molecule has 0 spiro atoms. The zero-order valence-electron chi connectivity index (χ0n) is 19.9. The zero-order chi connectivity index (χ0) is 23.9. The van der Waals surface area contributed by atoms with Gasteiger partial charge in [0.1, 0.15) is 11.5 Å². The summed E-state index contributed by atoms with van der Waals surface area (Å²) in [5, 5.41) is 11.8. The van der Waals surface area contributed by atoms with E-state index in [0.29, 0.717) is 0 Å². The van der Waals surface area contributed by atoms with Crippen LogP contribution in [0.4, 0.5) is 17.2 Å². The molecular weight excluding hydrogens is 428 g/mol. The van der Waals surface area contributed by atoms with Gasteiger partial charge in [0.25, 0.3) is 5.69 Å². The maximum absolute atomic E-state index is 11.5. The fraction of sp³-hybridized carbons (Fsp3) is 0.296. The number of hydrogen-bond acceptors (Lipinski definition) is 5. The number of H-pyrrole nitrogens is 1. The van der Waals surface area contributed by atoms with Gasteiger partial charge < -0.3 is 14.8 Å². The zero-order valence-corrected chi connectivity index (χ0v) is 19.9. The first-order valence-corrected chi connectivity index (χ1v) is 11.8. The second-order valence-corrected chi connectivity index (χ2v) is 7.89. The van der Waals surface area contributed by atoms with Gasteiger partial charge in [-0.05, 0) is 35.9 Å². The van der Waals surface area contributed by atoms with Crippen molar-refractivity contribution in [3.8, 4) is 11.5 Å². The quantitative estimate of drug-likeness (QED) is 0.332. The summed E-state index contributed by atoms with van der Waals surface area (Å²) in [4.78, 5) is 11.5. The minimum atomic E-state index is 0.216. The second-order valence-electron chi connectivity index (χ2n) is 7.89. The molecule has 1 fully saturated rings. The highest BCUT2D eigenvalue weighted by Crippen LogP contribution is 2.36. The van der Waals surface area contributed by atoms with Crippen LogP contribution in [-0.4, -0.2) is 34.7 Å². The minimum Gasteiger partial charge on any atom is -0.497 e. The first-order valence-electron chi connectivity index (χ1n) is 11.8. The minimum absolute atomic E-state index is 0.216. The molecule has 1 aliphatic carbocycles. The summed E-state index contributed by atoms with van der Waals surface area (Å²) in [5.41, 5.74) is 3.99. The molecule has 176 valence electrons. The Morgan fingerprint density at radius 2 is 1.79 bits per heavy atom. The molecular formula is C27H31N4O3+. The normalized spacial score (nSPS) is 13.5. The highest BCUT2D eigenvalue weighted by Gasteiger charge is 2.38. The van der Waals surface area contributed by atoms with Crippen molar-refractivity contribution in [1.29, 1.82) is 0 Å². The van der Waals surface area contributed by atoms with Crippen molar-refractivity contribution in [3.63, 3.8) is 0 Å². The molecule has 7 nitrogen and oxygen atoms in total. The first-order chi connectivity index (χ1) is 16.7. The smallest absolute Gasteiger partial charge is 0.256 e. The van der Waals surface area contributed by atoms with Gasteiger partial charge in [-0.25, -0.2) is 0 Å². The molecule has 6 rings (SSSR count). The Kier molecular flexibility index (Phi) is 7.42. The summed E-state index contributed by atoms with van der Waals surface area (Å²) in [6.45, 7) is 4.76.